The normalized spacial score (nSPS) is 17.9. The molecule has 0 radical (unpaired) electrons. The minimum absolute atomic E-state index is 0.0764. The molecule has 5 rings (SSSR count). The highest BCUT2D eigenvalue weighted by atomic mass is 32.2. The Morgan fingerprint density at radius 2 is 1.58 bits per heavy atom. The van der Waals surface area contributed by atoms with Gasteiger partial charge in [0, 0.05) is 13.1 Å². The van der Waals surface area contributed by atoms with E-state index in [2.05, 4.69) is 22.3 Å². The first-order chi connectivity index (χ1) is 17.5. The van der Waals surface area contributed by atoms with Crippen LogP contribution in [-0.2, 0) is 33.7 Å². The molecular weight excluding hydrogens is 474 g/mol. The molecule has 1 atom stereocenters. The number of hydrogen-bond donors (Lipinski definition) is 1. The van der Waals surface area contributed by atoms with E-state index in [1.54, 1.807) is 36.4 Å². The quantitative estimate of drug-likeness (QED) is 0.505. The van der Waals surface area contributed by atoms with Crippen molar-refractivity contribution in [3.05, 3.63) is 95.6 Å². The van der Waals surface area contributed by atoms with E-state index in [1.807, 2.05) is 30.3 Å². The number of carbonyl (C=O) groups excluding carboxylic acids is 1. The maximum absolute atomic E-state index is 13.4. The van der Waals surface area contributed by atoms with Gasteiger partial charge in [-0.15, -0.1) is 0 Å². The number of hydrogen-bond acceptors (Lipinski definition) is 5. The standard InChI is InChI=1S/C28H31N3O4S/c32-28(29-18-23-11-8-12-24(17-23)19-30-15-6-7-16-30)27-20-31(25-13-4-5-14-26(25)35-27)36(33,34)21-22-9-2-1-3-10-22/h1-5,8-14,17,27H,6-7,15-16,18-21H2,(H,29,32)/t27-/m1/s1. The van der Waals surface area contributed by atoms with Crippen LogP contribution in [0.4, 0.5) is 5.69 Å². The maximum atomic E-state index is 13.4. The van der Waals surface area contributed by atoms with Crippen LogP contribution in [0.25, 0.3) is 0 Å². The lowest BCUT2D eigenvalue weighted by Gasteiger charge is -2.34. The molecule has 7 nitrogen and oxygen atoms in total. The average molecular weight is 506 g/mol. The van der Waals surface area contributed by atoms with Gasteiger partial charge in [0.2, 0.25) is 10.0 Å². The molecule has 0 spiro atoms. The summed E-state index contributed by atoms with van der Waals surface area (Å²) in [7, 11) is -3.73. The first kappa shape index (κ1) is 24.3. The third-order valence-electron chi connectivity index (χ3n) is 6.62. The number of nitrogens with one attached hydrogen (secondary N) is 1. The largest absolute Gasteiger partial charge is 0.476 e. The number of carbonyl (C=O) groups is 1. The van der Waals surface area contributed by atoms with Crippen molar-refractivity contribution in [2.75, 3.05) is 23.9 Å². The molecule has 1 N–H and O–H groups in total. The van der Waals surface area contributed by atoms with Gasteiger partial charge in [-0.3, -0.25) is 14.0 Å². The van der Waals surface area contributed by atoms with Crippen LogP contribution in [-0.4, -0.2) is 45.0 Å². The van der Waals surface area contributed by atoms with Crippen molar-refractivity contribution in [2.45, 2.75) is 37.8 Å². The fraction of sp³-hybridized carbons (Fsp3) is 0.321. The molecule has 1 saturated heterocycles. The Balaban J connectivity index is 1.27. The van der Waals surface area contributed by atoms with Crippen molar-refractivity contribution in [2.24, 2.45) is 0 Å². The van der Waals surface area contributed by atoms with Crippen LogP contribution < -0.4 is 14.4 Å². The van der Waals surface area contributed by atoms with Crippen molar-refractivity contribution >= 4 is 21.6 Å². The Hall–Kier alpha value is -3.36. The Morgan fingerprint density at radius 3 is 2.39 bits per heavy atom. The van der Waals surface area contributed by atoms with Crippen LogP contribution in [0.15, 0.2) is 78.9 Å². The Morgan fingerprint density at radius 1 is 0.889 bits per heavy atom. The number of fused-ring (bicyclic) bond motifs is 1. The van der Waals surface area contributed by atoms with Gasteiger partial charge in [-0.05, 0) is 54.8 Å². The van der Waals surface area contributed by atoms with Crippen LogP contribution >= 0.6 is 0 Å². The lowest BCUT2D eigenvalue weighted by molar-refractivity contribution is -0.127. The van der Waals surface area contributed by atoms with E-state index in [0.717, 1.165) is 25.2 Å². The molecule has 188 valence electrons. The number of benzene rings is 3. The first-order valence-corrected chi connectivity index (χ1v) is 14.0. The molecule has 2 aliphatic heterocycles. The lowest BCUT2D eigenvalue weighted by atomic mass is 10.1. The van der Waals surface area contributed by atoms with E-state index in [0.29, 0.717) is 23.5 Å². The van der Waals surface area contributed by atoms with Gasteiger partial charge in [0.25, 0.3) is 5.91 Å². The summed E-state index contributed by atoms with van der Waals surface area (Å²) in [4.78, 5) is 15.5. The van der Waals surface area contributed by atoms with Crippen LogP contribution in [0.1, 0.15) is 29.5 Å². The highest BCUT2D eigenvalue weighted by Crippen LogP contribution is 2.35. The van der Waals surface area contributed by atoms with Gasteiger partial charge < -0.3 is 10.1 Å². The number of rotatable bonds is 8. The highest BCUT2D eigenvalue weighted by Gasteiger charge is 2.36. The fourth-order valence-electron chi connectivity index (χ4n) is 4.80. The van der Waals surface area contributed by atoms with Crippen molar-refractivity contribution in [3.63, 3.8) is 0 Å². The predicted molar refractivity (Wildman–Crippen MR) is 140 cm³/mol. The molecule has 0 saturated carbocycles. The number of likely N-dealkylation sites (tertiary alicyclic amines) is 1. The van der Waals surface area contributed by atoms with Gasteiger partial charge in [-0.2, -0.15) is 0 Å². The second kappa shape index (κ2) is 10.7. The number of nitrogens with zero attached hydrogens (tertiary/aromatic N) is 2. The van der Waals surface area contributed by atoms with Gasteiger partial charge in [0.05, 0.1) is 18.0 Å². The van der Waals surface area contributed by atoms with Gasteiger partial charge in [-0.1, -0.05) is 66.7 Å². The summed E-state index contributed by atoms with van der Waals surface area (Å²) in [6.45, 7) is 3.45. The van der Waals surface area contributed by atoms with Crippen molar-refractivity contribution in [3.8, 4) is 5.75 Å². The van der Waals surface area contributed by atoms with E-state index < -0.39 is 16.1 Å². The summed E-state index contributed by atoms with van der Waals surface area (Å²) >= 11 is 0. The second-order valence-electron chi connectivity index (χ2n) is 9.37. The number of para-hydroxylation sites is 2. The molecule has 0 unspecified atom stereocenters. The Labute approximate surface area is 212 Å². The maximum Gasteiger partial charge on any atom is 0.263 e. The molecule has 1 amide bonds. The second-order valence-corrected chi connectivity index (χ2v) is 11.3. The number of anilines is 1. The molecule has 2 aliphatic rings. The molecule has 2 heterocycles. The van der Waals surface area contributed by atoms with E-state index in [1.165, 1.54) is 22.7 Å². The zero-order valence-electron chi connectivity index (χ0n) is 20.2. The number of ether oxygens (including phenoxy) is 1. The summed E-state index contributed by atoms with van der Waals surface area (Å²) in [5.74, 6) is -0.108. The molecule has 3 aromatic rings. The van der Waals surface area contributed by atoms with Crippen LogP contribution in [0.2, 0.25) is 0 Å². The van der Waals surface area contributed by atoms with E-state index >= 15 is 0 Å². The monoisotopic (exact) mass is 505 g/mol. The summed E-state index contributed by atoms with van der Waals surface area (Å²) in [5.41, 5.74) is 3.37. The lowest BCUT2D eigenvalue weighted by Crippen LogP contribution is -2.50. The van der Waals surface area contributed by atoms with Crippen LogP contribution in [0.5, 0.6) is 5.75 Å². The Kier molecular flexibility index (Phi) is 7.25. The smallest absolute Gasteiger partial charge is 0.263 e. The predicted octanol–water partition coefficient (Wildman–Crippen LogP) is 3.70. The van der Waals surface area contributed by atoms with Crippen LogP contribution in [0, 0.1) is 0 Å². The SMILES string of the molecule is O=C(NCc1cccc(CN2CCCC2)c1)[C@H]1CN(S(=O)(=O)Cc2ccccc2)c2ccccc2O1. The summed E-state index contributed by atoms with van der Waals surface area (Å²) in [5, 5.41) is 2.94. The van der Waals surface area contributed by atoms with E-state index in [9.17, 15) is 13.2 Å². The Bertz CT molecular complexity index is 1310. The van der Waals surface area contributed by atoms with Gasteiger partial charge in [-0.25, -0.2) is 8.42 Å². The summed E-state index contributed by atoms with van der Waals surface area (Å²) in [6, 6.07) is 24.2. The van der Waals surface area contributed by atoms with Crippen molar-refractivity contribution < 1.29 is 17.9 Å². The highest BCUT2D eigenvalue weighted by molar-refractivity contribution is 7.92. The van der Waals surface area contributed by atoms with Crippen molar-refractivity contribution in [1.82, 2.24) is 10.2 Å². The number of sulfonamides is 1. The summed E-state index contributed by atoms with van der Waals surface area (Å²) in [6.07, 6.45) is 1.55. The topological polar surface area (TPSA) is 79.0 Å². The fourth-order valence-corrected chi connectivity index (χ4v) is 6.39. The molecule has 3 aromatic carbocycles. The van der Waals surface area contributed by atoms with Gasteiger partial charge >= 0.3 is 0 Å². The molecule has 0 aromatic heterocycles. The first-order valence-electron chi connectivity index (χ1n) is 12.4. The van der Waals surface area contributed by atoms with E-state index in [-0.39, 0.29) is 18.2 Å². The van der Waals surface area contributed by atoms with Crippen LogP contribution in [0.3, 0.4) is 0 Å². The molecular formula is C28H31N3O4S. The zero-order chi connectivity index (χ0) is 25.0. The third kappa shape index (κ3) is 5.71. The molecule has 8 heteroatoms. The molecule has 0 aliphatic carbocycles. The molecule has 0 bridgehead atoms. The molecule has 1 fully saturated rings. The zero-order valence-corrected chi connectivity index (χ0v) is 21.0. The van der Waals surface area contributed by atoms with Gasteiger partial charge in [0.15, 0.2) is 6.10 Å². The van der Waals surface area contributed by atoms with Crippen molar-refractivity contribution in [1.29, 1.82) is 0 Å². The molecule has 36 heavy (non-hydrogen) atoms. The third-order valence-corrected chi connectivity index (χ3v) is 8.33. The van der Waals surface area contributed by atoms with Gasteiger partial charge in [0.1, 0.15) is 5.75 Å². The minimum atomic E-state index is -3.73. The number of amides is 1. The minimum Gasteiger partial charge on any atom is -0.476 e. The van der Waals surface area contributed by atoms with E-state index in [4.69, 9.17) is 4.74 Å². The summed E-state index contributed by atoms with van der Waals surface area (Å²) < 4.78 is 34.0. The average Bonchev–Trinajstić information content (AvgIpc) is 3.40.